The molecule has 0 spiro atoms. The van der Waals surface area contributed by atoms with Crippen LogP contribution in [0.15, 0.2) is 66.7 Å². The number of fused-ring (bicyclic) bond motifs is 1. The van der Waals surface area contributed by atoms with Crippen molar-refractivity contribution >= 4 is 0 Å². The van der Waals surface area contributed by atoms with Crippen LogP contribution in [0.3, 0.4) is 0 Å². The lowest BCUT2D eigenvalue weighted by Crippen LogP contribution is -2.33. The molecule has 0 unspecified atom stereocenters. The molecular weight excluding hydrogens is 374 g/mol. The van der Waals surface area contributed by atoms with Crippen LogP contribution in [0.5, 0.6) is 17.2 Å². The molecule has 0 atom stereocenters. The highest BCUT2D eigenvalue weighted by atomic mass is 16.7. The van der Waals surface area contributed by atoms with Gasteiger partial charge in [-0.05, 0) is 79.2 Å². The molecule has 4 nitrogen and oxygen atoms in total. The lowest BCUT2D eigenvalue weighted by atomic mass is 9.90. The molecule has 0 aromatic heterocycles. The molecule has 0 radical (unpaired) electrons. The van der Waals surface area contributed by atoms with Crippen molar-refractivity contribution in [2.24, 2.45) is 5.92 Å². The molecule has 0 bridgehead atoms. The first-order chi connectivity index (χ1) is 14.7. The molecule has 0 aliphatic carbocycles. The number of phenols is 1. The van der Waals surface area contributed by atoms with E-state index in [4.69, 9.17) is 9.47 Å². The second-order valence-electron chi connectivity index (χ2n) is 8.32. The van der Waals surface area contributed by atoms with E-state index in [0.717, 1.165) is 53.7 Å². The van der Waals surface area contributed by atoms with E-state index >= 15 is 0 Å². The summed E-state index contributed by atoms with van der Waals surface area (Å²) in [5, 5.41) is 10.4. The first-order valence-electron chi connectivity index (χ1n) is 10.7. The smallest absolute Gasteiger partial charge is 0.231 e. The maximum atomic E-state index is 10.4. The van der Waals surface area contributed by atoms with Gasteiger partial charge in [0, 0.05) is 12.1 Å². The van der Waals surface area contributed by atoms with Gasteiger partial charge in [-0.2, -0.15) is 0 Å². The number of piperidine rings is 1. The predicted molar refractivity (Wildman–Crippen MR) is 118 cm³/mol. The number of benzene rings is 3. The number of phenolic OH excluding ortho intramolecular Hbond substituents is 1. The number of nitrogens with zero attached hydrogens (tertiary/aromatic N) is 1. The highest BCUT2D eigenvalue weighted by Gasteiger charge is 2.21. The first-order valence-corrected chi connectivity index (χ1v) is 10.7. The van der Waals surface area contributed by atoms with Crippen LogP contribution in [0, 0.1) is 5.92 Å². The van der Waals surface area contributed by atoms with E-state index in [1.165, 1.54) is 24.8 Å². The monoisotopic (exact) mass is 401 g/mol. The SMILES string of the molecule is Oc1ccc(-c2ccc3c(c2)OCO3)cc1CN1CCC(Cc2ccccc2)CC1. The second kappa shape index (κ2) is 8.41. The molecular formula is C26H27NO3. The van der Waals surface area contributed by atoms with E-state index < -0.39 is 0 Å². The minimum Gasteiger partial charge on any atom is -0.508 e. The predicted octanol–water partition coefficient (Wildman–Crippen LogP) is 5.24. The van der Waals surface area contributed by atoms with Crippen molar-refractivity contribution in [3.8, 4) is 28.4 Å². The molecule has 3 aromatic carbocycles. The fourth-order valence-electron chi connectivity index (χ4n) is 4.50. The summed E-state index contributed by atoms with van der Waals surface area (Å²) < 4.78 is 10.9. The Morgan fingerprint density at radius 2 is 1.57 bits per heavy atom. The van der Waals surface area contributed by atoms with Crippen LogP contribution in [0.4, 0.5) is 0 Å². The van der Waals surface area contributed by atoms with E-state index in [1.807, 2.05) is 24.3 Å². The Balaban J connectivity index is 1.24. The van der Waals surface area contributed by atoms with Crippen molar-refractivity contribution in [1.29, 1.82) is 0 Å². The van der Waals surface area contributed by atoms with Crippen LogP contribution in [-0.2, 0) is 13.0 Å². The van der Waals surface area contributed by atoms with Gasteiger partial charge in [0.1, 0.15) is 5.75 Å². The number of aromatic hydroxyl groups is 1. The van der Waals surface area contributed by atoms with Gasteiger partial charge in [-0.15, -0.1) is 0 Å². The minimum atomic E-state index is 0.278. The molecule has 2 aliphatic heterocycles. The van der Waals surface area contributed by atoms with Gasteiger partial charge in [-0.3, -0.25) is 4.90 Å². The summed E-state index contributed by atoms with van der Waals surface area (Å²) in [6, 6.07) is 22.6. The fourth-order valence-corrected chi connectivity index (χ4v) is 4.50. The number of likely N-dealkylation sites (tertiary alicyclic amines) is 1. The number of hydrogen-bond acceptors (Lipinski definition) is 4. The van der Waals surface area contributed by atoms with Gasteiger partial charge < -0.3 is 14.6 Å². The van der Waals surface area contributed by atoms with Crippen LogP contribution in [0.1, 0.15) is 24.0 Å². The molecule has 30 heavy (non-hydrogen) atoms. The summed E-state index contributed by atoms with van der Waals surface area (Å²) in [7, 11) is 0. The lowest BCUT2D eigenvalue weighted by Gasteiger charge is -2.32. The van der Waals surface area contributed by atoms with Gasteiger partial charge in [0.05, 0.1) is 0 Å². The number of ether oxygens (including phenoxy) is 2. The maximum absolute atomic E-state index is 10.4. The Bertz CT molecular complexity index is 1010. The number of rotatable bonds is 5. The minimum absolute atomic E-state index is 0.278. The Morgan fingerprint density at radius 3 is 2.40 bits per heavy atom. The van der Waals surface area contributed by atoms with Gasteiger partial charge in [0.25, 0.3) is 0 Å². The zero-order valence-corrected chi connectivity index (χ0v) is 17.1. The van der Waals surface area contributed by atoms with Crippen LogP contribution in [0.25, 0.3) is 11.1 Å². The van der Waals surface area contributed by atoms with E-state index in [9.17, 15) is 5.11 Å². The van der Waals surface area contributed by atoms with Crippen molar-refractivity contribution in [2.45, 2.75) is 25.8 Å². The lowest BCUT2D eigenvalue weighted by molar-refractivity contribution is 0.174. The van der Waals surface area contributed by atoms with Crippen molar-refractivity contribution in [3.05, 3.63) is 77.9 Å². The molecule has 0 saturated carbocycles. The van der Waals surface area contributed by atoms with Gasteiger partial charge >= 0.3 is 0 Å². The molecule has 2 heterocycles. The topological polar surface area (TPSA) is 41.9 Å². The van der Waals surface area contributed by atoms with Crippen LogP contribution < -0.4 is 9.47 Å². The third-order valence-electron chi connectivity index (χ3n) is 6.25. The average molecular weight is 402 g/mol. The zero-order valence-electron chi connectivity index (χ0n) is 17.1. The van der Waals surface area contributed by atoms with E-state index in [2.05, 4.69) is 41.3 Å². The molecule has 3 aromatic rings. The summed E-state index contributed by atoms with van der Waals surface area (Å²) in [5.74, 6) is 2.68. The Kier molecular flexibility index (Phi) is 5.33. The molecule has 0 amide bonds. The van der Waals surface area contributed by atoms with E-state index in [1.54, 1.807) is 6.07 Å². The summed E-state index contributed by atoms with van der Waals surface area (Å²) in [6.07, 6.45) is 3.58. The quantitative estimate of drug-likeness (QED) is 0.635. The molecule has 2 aliphatic rings. The summed E-state index contributed by atoms with van der Waals surface area (Å²) >= 11 is 0. The third-order valence-corrected chi connectivity index (χ3v) is 6.25. The van der Waals surface area contributed by atoms with E-state index in [-0.39, 0.29) is 6.79 Å². The average Bonchev–Trinajstić information content (AvgIpc) is 3.25. The molecule has 1 N–H and O–H groups in total. The van der Waals surface area contributed by atoms with Gasteiger partial charge in [0.15, 0.2) is 11.5 Å². The van der Waals surface area contributed by atoms with Crippen LogP contribution >= 0.6 is 0 Å². The molecule has 4 heteroatoms. The standard InChI is InChI=1S/C26H27NO3/c28-24-8-6-21(22-7-9-25-26(16-22)30-18-29-25)15-23(24)17-27-12-10-20(11-13-27)14-19-4-2-1-3-5-19/h1-9,15-16,20,28H,10-14,17-18H2. The second-order valence-corrected chi connectivity index (χ2v) is 8.32. The Labute approximate surface area is 177 Å². The van der Waals surface area contributed by atoms with Crippen molar-refractivity contribution in [1.82, 2.24) is 4.90 Å². The summed E-state index contributed by atoms with van der Waals surface area (Å²) in [4.78, 5) is 2.46. The van der Waals surface area contributed by atoms with Crippen LogP contribution in [0.2, 0.25) is 0 Å². The third kappa shape index (κ3) is 4.14. The highest BCUT2D eigenvalue weighted by molar-refractivity contribution is 5.69. The summed E-state index contributed by atoms with van der Waals surface area (Å²) in [6.45, 7) is 3.21. The largest absolute Gasteiger partial charge is 0.508 e. The van der Waals surface area contributed by atoms with Gasteiger partial charge in [-0.25, -0.2) is 0 Å². The highest BCUT2D eigenvalue weighted by Crippen LogP contribution is 2.37. The molecule has 154 valence electrons. The molecule has 1 saturated heterocycles. The zero-order chi connectivity index (χ0) is 20.3. The number of hydrogen-bond donors (Lipinski definition) is 1. The first kappa shape index (κ1) is 19.0. The van der Waals surface area contributed by atoms with E-state index in [0.29, 0.717) is 5.75 Å². The molecule has 5 rings (SSSR count). The van der Waals surface area contributed by atoms with Crippen molar-refractivity contribution < 1.29 is 14.6 Å². The summed E-state index contributed by atoms with van der Waals surface area (Å²) in [5.41, 5.74) is 4.57. The van der Waals surface area contributed by atoms with Crippen LogP contribution in [-0.4, -0.2) is 29.9 Å². The van der Waals surface area contributed by atoms with Gasteiger partial charge in [-0.1, -0.05) is 42.5 Å². The maximum Gasteiger partial charge on any atom is 0.231 e. The van der Waals surface area contributed by atoms with Crippen molar-refractivity contribution in [3.63, 3.8) is 0 Å². The van der Waals surface area contributed by atoms with Crippen molar-refractivity contribution in [2.75, 3.05) is 19.9 Å². The molecule has 1 fully saturated rings. The van der Waals surface area contributed by atoms with Gasteiger partial charge in [0.2, 0.25) is 6.79 Å². The Morgan fingerprint density at radius 1 is 0.833 bits per heavy atom. The normalized spacial score (nSPS) is 16.7. The fraction of sp³-hybridized carbons (Fsp3) is 0.308. The Hall–Kier alpha value is -2.98.